The molecule has 1 aliphatic rings. The summed E-state index contributed by atoms with van der Waals surface area (Å²) in [6.45, 7) is 1.12. The standard InChI is InChI=1S/C19H21N5O/c1-20-18-11-14(8-9-21-18)16-7-4-10-24(16)19(25)12-23-13-22-15-5-2-3-6-17(15)23/h2-3,5-6,8-9,11,13,16H,4,7,10,12H2,1H3,(H,20,21)/t16-/m0/s1. The molecular weight excluding hydrogens is 314 g/mol. The van der Waals surface area contributed by atoms with Crippen molar-refractivity contribution in [2.45, 2.75) is 25.4 Å². The van der Waals surface area contributed by atoms with E-state index in [0.717, 1.165) is 41.8 Å². The maximum absolute atomic E-state index is 12.9. The molecule has 6 heteroatoms. The van der Waals surface area contributed by atoms with E-state index in [4.69, 9.17) is 0 Å². The van der Waals surface area contributed by atoms with Gasteiger partial charge in [0.2, 0.25) is 5.91 Å². The molecular formula is C19H21N5O. The highest BCUT2D eigenvalue weighted by molar-refractivity contribution is 5.81. The predicted molar refractivity (Wildman–Crippen MR) is 97.2 cm³/mol. The summed E-state index contributed by atoms with van der Waals surface area (Å²) in [5.41, 5.74) is 3.05. The molecule has 1 aromatic carbocycles. The van der Waals surface area contributed by atoms with E-state index in [9.17, 15) is 4.79 Å². The quantitative estimate of drug-likeness (QED) is 0.796. The van der Waals surface area contributed by atoms with Gasteiger partial charge in [-0.2, -0.15) is 0 Å². The lowest BCUT2D eigenvalue weighted by Crippen LogP contribution is -2.33. The fourth-order valence-corrected chi connectivity index (χ4v) is 3.58. The number of carbonyl (C=O) groups excluding carboxylic acids is 1. The van der Waals surface area contributed by atoms with Crippen LogP contribution in [-0.2, 0) is 11.3 Å². The molecule has 25 heavy (non-hydrogen) atoms. The number of aromatic nitrogens is 3. The number of benzene rings is 1. The summed E-state index contributed by atoms with van der Waals surface area (Å²) in [6, 6.07) is 12.1. The third-order valence-electron chi connectivity index (χ3n) is 4.83. The largest absolute Gasteiger partial charge is 0.373 e. The fraction of sp³-hybridized carbons (Fsp3) is 0.316. The molecule has 0 radical (unpaired) electrons. The summed E-state index contributed by atoms with van der Waals surface area (Å²) < 4.78 is 1.93. The van der Waals surface area contributed by atoms with Crippen molar-refractivity contribution >= 4 is 22.8 Å². The average molecular weight is 335 g/mol. The van der Waals surface area contributed by atoms with Gasteiger partial charge in [-0.25, -0.2) is 9.97 Å². The number of likely N-dealkylation sites (tertiary alicyclic amines) is 1. The molecule has 0 saturated carbocycles. The van der Waals surface area contributed by atoms with E-state index in [1.807, 2.05) is 52.9 Å². The van der Waals surface area contributed by atoms with Crippen molar-refractivity contribution < 1.29 is 4.79 Å². The van der Waals surface area contributed by atoms with Crippen molar-refractivity contribution in [2.75, 3.05) is 18.9 Å². The van der Waals surface area contributed by atoms with Crippen LogP contribution in [0.5, 0.6) is 0 Å². The number of imidazole rings is 1. The fourth-order valence-electron chi connectivity index (χ4n) is 3.58. The second kappa shape index (κ2) is 6.55. The molecule has 2 aromatic heterocycles. The van der Waals surface area contributed by atoms with Gasteiger partial charge in [0.25, 0.3) is 0 Å². The minimum atomic E-state index is 0.123. The van der Waals surface area contributed by atoms with Crippen LogP contribution in [0.1, 0.15) is 24.4 Å². The SMILES string of the molecule is CNc1cc([C@@H]2CCCN2C(=O)Cn2cnc3ccccc32)ccn1. The summed E-state index contributed by atoms with van der Waals surface area (Å²) in [4.78, 5) is 23.6. The van der Waals surface area contributed by atoms with E-state index < -0.39 is 0 Å². The average Bonchev–Trinajstić information content (AvgIpc) is 3.29. The van der Waals surface area contributed by atoms with Crippen molar-refractivity contribution in [3.8, 4) is 0 Å². The Balaban J connectivity index is 1.56. The molecule has 4 rings (SSSR count). The number of rotatable bonds is 4. The van der Waals surface area contributed by atoms with E-state index in [0.29, 0.717) is 6.54 Å². The molecule has 1 aliphatic heterocycles. The molecule has 1 amide bonds. The number of fused-ring (bicyclic) bond motifs is 1. The molecule has 1 saturated heterocycles. The molecule has 6 nitrogen and oxygen atoms in total. The Hall–Kier alpha value is -2.89. The number of para-hydroxylation sites is 2. The van der Waals surface area contributed by atoms with Crippen LogP contribution in [0.15, 0.2) is 48.9 Å². The second-order valence-electron chi connectivity index (χ2n) is 6.33. The summed E-state index contributed by atoms with van der Waals surface area (Å²) >= 11 is 0. The minimum absolute atomic E-state index is 0.123. The van der Waals surface area contributed by atoms with Gasteiger partial charge in [0, 0.05) is 19.8 Å². The first-order chi connectivity index (χ1) is 12.3. The Morgan fingerprint density at radius 1 is 1.28 bits per heavy atom. The Morgan fingerprint density at radius 2 is 2.16 bits per heavy atom. The Morgan fingerprint density at radius 3 is 3.04 bits per heavy atom. The Bertz CT molecular complexity index is 903. The minimum Gasteiger partial charge on any atom is -0.373 e. The first kappa shape index (κ1) is 15.6. The zero-order chi connectivity index (χ0) is 17.2. The van der Waals surface area contributed by atoms with Crippen LogP contribution in [0, 0.1) is 0 Å². The van der Waals surface area contributed by atoms with E-state index in [1.54, 1.807) is 12.5 Å². The molecule has 1 fully saturated rings. The van der Waals surface area contributed by atoms with Crippen molar-refractivity contribution in [2.24, 2.45) is 0 Å². The monoisotopic (exact) mass is 335 g/mol. The van der Waals surface area contributed by atoms with Gasteiger partial charge in [0.15, 0.2) is 0 Å². The molecule has 3 aromatic rings. The molecule has 0 aliphatic carbocycles. The molecule has 0 spiro atoms. The topological polar surface area (TPSA) is 63.1 Å². The van der Waals surface area contributed by atoms with Crippen molar-refractivity contribution in [3.05, 3.63) is 54.5 Å². The number of anilines is 1. The zero-order valence-electron chi connectivity index (χ0n) is 14.2. The van der Waals surface area contributed by atoms with E-state index in [2.05, 4.69) is 15.3 Å². The number of amides is 1. The molecule has 1 atom stereocenters. The first-order valence-corrected chi connectivity index (χ1v) is 8.59. The molecule has 0 bridgehead atoms. The molecule has 128 valence electrons. The number of nitrogens with zero attached hydrogens (tertiary/aromatic N) is 4. The van der Waals surface area contributed by atoms with Crippen LogP contribution in [-0.4, -0.2) is 38.9 Å². The van der Waals surface area contributed by atoms with Gasteiger partial charge in [-0.1, -0.05) is 12.1 Å². The van der Waals surface area contributed by atoms with Crippen LogP contribution in [0.25, 0.3) is 11.0 Å². The number of nitrogens with one attached hydrogen (secondary N) is 1. The second-order valence-corrected chi connectivity index (χ2v) is 6.33. The van der Waals surface area contributed by atoms with Gasteiger partial charge < -0.3 is 14.8 Å². The molecule has 0 unspecified atom stereocenters. The molecule has 1 N–H and O–H groups in total. The highest BCUT2D eigenvalue weighted by Crippen LogP contribution is 2.32. The third-order valence-corrected chi connectivity index (χ3v) is 4.83. The van der Waals surface area contributed by atoms with Crippen molar-refractivity contribution in [1.82, 2.24) is 19.4 Å². The molecule has 3 heterocycles. The van der Waals surface area contributed by atoms with E-state index >= 15 is 0 Å². The van der Waals surface area contributed by atoms with Gasteiger partial charge >= 0.3 is 0 Å². The smallest absolute Gasteiger partial charge is 0.243 e. The van der Waals surface area contributed by atoms with Crippen LogP contribution in [0.4, 0.5) is 5.82 Å². The summed E-state index contributed by atoms with van der Waals surface area (Å²) in [7, 11) is 1.85. The van der Waals surface area contributed by atoms with Crippen molar-refractivity contribution in [1.29, 1.82) is 0 Å². The Kier molecular flexibility index (Phi) is 4.09. The van der Waals surface area contributed by atoms with Gasteiger partial charge in [0.05, 0.1) is 23.4 Å². The van der Waals surface area contributed by atoms with Gasteiger partial charge in [0.1, 0.15) is 12.4 Å². The third kappa shape index (κ3) is 2.95. The number of hydrogen-bond donors (Lipinski definition) is 1. The van der Waals surface area contributed by atoms with Crippen LogP contribution in [0.2, 0.25) is 0 Å². The van der Waals surface area contributed by atoms with E-state index in [-0.39, 0.29) is 11.9 Å². The van der Waals surface area contributed by atoms with Crippen LogP contribution < -0.4 is 5.32 Å². The zero-order valence-corrected chi connectivity index (χ0v) is 14.2. The predicted octanol–water partition coefficient (Wildman–Crippen LogP) is 2.84. The van der Waals surface area contributed by atoms with E-state index in [1.165, 1.54) is 0 Å². The summed E-state index contributed by atoms with van der Waals surface area (Å²) in [6.07, 6.45) is 5.56. The maximum Gasteiger partial charge on any atom is 0.243 e. The van der Waals surface area contributed by atoms with Crippen LogP contribution >= 0.6 is 0 Å². The normalized spacial score (nSPS) is 17.2. The number of hydrogen-bond acceptors (Lipinski definition) is 4. The lowest BCUT2D eigenvalue weighted by atomic mass is 10.1. The van der Waals surface area contributed by atoms with Gasteiger partial charge in [-0.15, -0.1) is 0 Å². The lowest BCUT2D eigenvalue weighted by Gasteiger charge is -2.25. The summed E-state index contributed by atoms with van der Waals surface area (Å²) in [5.74, 6) is 0.964. The van der Waals surface area contributed by atoms with Gasteiger partial charge in [-0.05, 0) is 42.7 Å². The van der Waals surface area contributed by atoms with Crippen LogP contribution in [0.3, 0.4) is 0 Å². The van der Waals surface area contributed by atoms with Gasteiger partial charge in [-0.3, -0.25) is 4.79 Å². The highest BCUT2D eigenvalue weighted by atomic mass is 16.2. The lowest BCUT2D eigenvalue weighted by molar-refractivity contribution is -0.132. The number of pyridine rings is 1. The first-order valence-electron chi connectivity index (χ1n) is 8.59. The highest BCUT2D eigenvalue weighted by Gasteiger charge is 2.30. The maximum atomic E-state index is 12.9. The number of carbonyl (C=O) groups is 1. The van der Waals surface area contributed by atoms with Crippen molar-refractivity contribution in [3.63, 3.8) is 0 Å². The summed E-state index contributed by atoms with van der Waals surface area (Å²) in [5, 5.41) is 3.06. The Labute approximate surface area is 146 Å².